The Morgan fingerprint density at radius 3 is 3.05 bits per heavy atom. The first-order chi connectivity index (χ1) is 9.10. The number of rotatable bonds is 5. The lowest BCUT2D eigenvalue weighted by molar-refractivity contribution is 0.0470. The lowest BCUT2D eigenvalue weighted by atomic mass is 10.2. The minimum atomic E-state index is -0.615. The second-order valence-corrected chi connectivity index (χ2v) is 4.40. The quantitative estimate of drug-likeness (QED) is 0.780. The third kappa shape index (κ3) is 3.31. The first kappa shape index (κ1) is 13.5. The van der Waals surface area contributed by atoms with Gasteiger partial charge in [-0.3, -0.25) is 4.68 Å². The number of carbonyl (C=O) groups excluding carboxylic acids is 1. The molecular formula is C11H13ClN4O3. The molecule has 0 saturated carbocycles. The summed E-state index contributed by atoms with van der Waals surface area (Å²) in [5.41, 5.74) is 0. The van der Waals surface area contributed by atoms with E-state index in [9.17, 15) is 4.79 Å². The maximum absolute atomic E-state index is 11.4. The molecule has 0 unspecified atom stereocenters. The lowest BCUT2D eigenvalue weighted by Crippen LogP contribution is -2.09. The third-order valence-electron chi connectivity index (χ3n) is 2.40. The smallest absolute Gasteiger partial charge is 0.397 e. The zero-order valence-corrected chi connectivity index (χ0v) is 11.3. The Labute approximate surface area is 114 Å². The highest BCUT2D eigenvalue weighted by molar-refractivity contribution is 6.30. The van der Waals surface area contributed by atoms with Gasteiger partial charge in [0.05, 0.1) is 24.4 Å². The van der Waals surface area contributed by atoms with Crippen LogP contribution in [0.2, 0.25) is 5.02 Å². The fourth-order valence-corrected chi connectivity index (χ4v) is 1.67. The average Bonchev–Trinajstić information content (AvgIpc) is 2.98. The van der Waals surface area contributed by atoms with Crippen molar-refractivity contribution >= 4 is 17.6 Å². The van der Waals surface area contributed by atoms with Crippen molar-refractivity contribution in [1.29, 1.82) is 0 Å². The molecule has 0 saturated heterocycles. The molecule has 0 N–H and O–H groups in total. The van der Waals surface area contributed by atoms with E-state index in [1.807, 2.05) is 6.92 Å². The zero-order chi connectivity index (χ0) is 13.8. The normalized spacial score (nSPS) is 12.4. The van der Waals surface area contributed by atoms with E-state index in [1.54, 1.807) is 24.0 Å². The highest BCUT2D eigenvalue weighted by Gasteiger charge is 2.20. The summed E-state index contributed by atoms with van der Waals surface area (Å²) in [4.78, 5) is 15.4. The minimum absolute atomic E-state index is 0.0668. The van der Waals surface area contributed by atoms with Crippen molar-refractivity contribution < 1.29 is 14.1 Å². The number of ether oxygens (including phenoxy) is 1. The minimum Gasteiger partial charge on any atom is -0.459 e. The van der Waals surface area contributed by atoms with Gasteiger partial charge in [0, 0.05) is 12.1 Å². The van der Waals surface area contributed by atoms with Gasteiger partial charge in [0.15, 0.2) is 5.82 Å². The fraction of sp³-hybridized carbons (Fsp3) is 0.455. The predicted octanol–water partition coefficient (Wildman–Crippen LogP) is 1.90. The van der Waals surface area contributed by atoms with Crippen LogP contribution < -0.4 is 0 Å². The number of hydrogen-bond acceptors (Lipinski definition) is 6. The van der Waals surface area contributed by atoms with Crippen molar-refractivity contribution in [2.24, 2.45) is 0 Å². The average molecular weight is 285 g/mol. The first-order valence-electron chi connectivity index (χ1n) is 5.78. The van der Waals surface area contributed by atoms with Gasteiger partial charge < -0.3 is 9.26 Å². The summed E-state index contributed by atoms with van der Waals surface area (Å²) >= 11 is 5.78. The molecule has 19 heavy (non-hydrogen) atoms. The van der Waals surface area contributed by atoms with Gasteiger partial charge in [0.2, 0.25) is 0 Å². The van der Waals surface area contributed by atoms with Gasteiger partial charge in [-0.05, 0) is 6.92 Å². The summed E-state index contributed by atoms with van der Waals surface area (Å²) in [6, 6.07) is 0. The van der Waals surface area contributed by atoms with Gasteiger partial charge in [-0.25, -0.2) is 4.79 Å². The van der Waals surface area contributed by atoms with Gasteiger partial charge in [-0.2, -0.15) is 10.1 Å². The van der Waals surface area contributed by atoms with Gasteiger partial charge in [-0.15, -0.1) is 0 Å². The van der Waals surface area contributed by atoms with Crippen LogP contribution >= 0.6 is 11.6 Å². The van der Waals surface area contributed by atoms with E-state index in [0.29, 0.717) is 17.4 Å². The maximum Gasteiger partial charge on any atom is 0.397 e. The van der Waals surface area contributed by atoms with E-state index in [0.717, 1.165) is 0 Å². The Morgan fingerprint density at radius 1 is 1.63 bits per heavy atom. The van der Waals surface area contributed by atoms with Crippen LogP contribution in [0.1, 0.15) is 36.3 Å². The van der Waals surface area contributed by atoms with Crippen molar-refractivity contribution in [3.8, 4) is 0 Å². The van der Waals surface area contributed by atoms with Crippen molar-refractivity contribution in [2.75, 3.05) is 6.61 Å². The summed E-state index contributed by atoms with van der Waals surface area (Å²) in [5.74, 6) is -0.393. The molecule has 0 aliphatic carbocycles. The summed E-state index contributed by atoms with van der Waals surface area (Å²) < 4.78 is 11.3. The van der Waals surface area contributed by atoms with Gasteiger partial charge in [-0.1, -0.05) is 23.7 Å². The standard InChI is InChI=1S/C11H13ClN4O3/c1-3-18-11(17)10-14-9(15-19-10)7(2)5-16-6-8(12)4-13-16/h4,6-7H,3,5H2,1-2H3/t7-/m0/s1. The van der Waals surface area contributed by atoms with Crippen LogP contribution in [0.4, 0.5) is 0 Å². The Morgan fingerprint density at radius 2 is 2.42 bits per heavy atom. The molecule has 2 heterocycles. The van der Waals surface area contributed by atoms with Crippen molar-refractivity contribution in [2.45, 2.75) is 26.3 Å². The summed E-state index contributed by atoms with van der Waals surface area (Å²) in [5, 5.41) is 8.38. The van der Waals surface area contributed by atoms with Crippen LogP contribution in [0.25, 0.3) is 0 Å². The van der Waals surface area contributed by atoms with Crippen molar-refractivity contribution in [1.82, 2.24) is 19.9 Å². The van der Waals surface area contributed by atoms with Crippen LogP contribution in [-0.4, -0.2) is 32.5 Å². The number of nitrogens with zero attached hydrogens (tertiary/aromatic N) is 4. The third-order valence-corrected chi connectivity index (χ3v) is 2.59. The van der Waals surface area contributed by atoms with Gasteiger partial charge >= 0.3 is 11.9 Å². The lowest BCUT2D eigenvalue weighted by Gasteiger charge is -2.05. The topological polar surface area (TPSA) is 83.0 Å². The van der Waals surface area contributed by atoms with Gasteiger partial charge in [0.1, 0.15) is 0 Å². The molecule has 8 heteroatoms. The Bertz CT molecular complexity index is 566. The highest BCUT2D eigenvalue weighted by atomic mass is 35.5. The molecular weight excluding hydrogens is 272 g/mol. The Hall–Kier alpha value is -1.89. The molecule has 2 aromatic rings. The summed E-state index contributed by atoms with van der Waals surface area (Å²) in [6.45, 7) is 4.40. The maximum atomic E-state index is 11.4. The van der Waals surface area contributed by atoms with E-state index >= 15 is 0 Å². The van der Waals surface area contributed by atoms with E-state index in [1.165, 1.54) is 0 Å². The molecule has 0 bridgehead atoms. The molecule has 102 valence electrons. The number of carbonyl (C=O) groups is 1. The molecule has 0 amide bonds. The largest absolute Gasteiger partial charge is 0.459 e. The molecule has 2 rings (SSSR count). The fourth-order valence-electron chi connectivity index (χ4n) is 1.51. The molecule has 0 aliphatic heterocycles. The van der Waals surface area contributed by atoms with Crippen LogP contribution in [0, 0.1) is 0 Å². The number of esters is 1. The van der Waals surface area contributed by atoms with Crippen LogP contribution in [0.15, 0.2) is 16.9 Å². The van der Waals surface area contributed by atoms with Crippen molar-refractivity contribution in [3.05, 3.63) is 29.1 Å². The molecule has 0 radical (unpaired) electrons. The first-order valence-corrected chi connectivity index (χ1v) is 6.16. The molecule has 0 spiro atoms. The van der Waals surface area contributed by atoms with Gasteiger partial charge in [0.25, 0.3) is 0 Å². The zero-order valence-electron chi connectivity index (χ0n) is 10.5. The predicted molar refractivity (Wildman–Crippen MR) is 65.9 cm³/mol. The second-order valence-electron chi connectivity index (χ2n) is 3.96. The number of hydrogen-bond donors (Lipinski definition) is 0. The molecule has 0 fully saturated rings. The van der Waals surface area contributed by atoms with Crippen LogP contribution in [0.5, 0.6) is 0 Å². The monoisotopic (exact) mass is 284 g/mol. The number of halogens is 1. The van der Waals surface area contributed by atoms with E-state index in [2.05, 4.69) is 15.2 Å². The molecule has 1 atom stereocenters. The van der Waals surface area contributed by atoms with E-state index in [-0.39, 0.29) is 18.4 Å². The summed E-state index contributed by atoms with van der Waals surface area (Å²) in [6.07, 6.45) is 3.25. The van der Waals surface area contributed by atoms with E-state index < -0.39 is 5.97 Å². The molecule has 2 aromatic heterocycles. The SMILES string of the molecule is CCOC(=O)c1nc([C@@H](C)Cn2cc(Cl)cn2)no1. The molecule has 0 aromatic carbocycles. The Balaban J connectivity index is 2.03. The number of aromatic nitrogens is 4. The second kappa shape index (κ2) is 5.83. The Kier molecular flexibility index (Phi) is 4.16. The molecule has 7 nitrogen and oxygen atoms in total. The van der Waals surface area contributed by atoms with E-state index in [4.69, 9.17) is 20.9 Å². The molecule has 0 aliphatic rings. The van der Waals surface area contributed by atoms with Crippen LogP contribution in [0.3, 0.4) is 0 Å². The van der Waals surface area contributed by atoms with Crippen LogP contribution in [-0.2, 0) is 11.3 Å². The highest BCUT2D eigenvalue weighted by Crippen LogP contribution is 2.15. The van der Waals surface area contributed by atoms with Crippen molar-refractivity contribution in [3.63, 3.8) is 0 Å². The summed E-state index contributed by atoms with van der Waals surface area (Å²) in [7, 11) is 0.